The maximum absolute atomic E-state index is 13.0. The van der Waals surface area contributed by atoms with Gasteiger partial charge in [0.15, 0.2) is 0 Å². The number of hydrogen-bond donors (Lipinski definition) is 0. The molecule has 2 fully saturated rings. The van der Waals surface area contributed by atoms with E-state index in [9.17, 15) is 18.5 Å². The number of nitro groups is 1. The van der Waals surface area contributed by atoms with Gasteiger partial charge in [-0.2, -0.15) is 4.31 Å². The normalized spacial score (nSPS) is 20.5. The van der Waals surface area contributed by atoms with Gasteiger partial charge in [-0.25, -0.2) is 8.42 Å². The van der Waals surface area contributed by atoms with E-state index in [1.807, 2.05) is 4.90 Å². The zero-order valence-corrected chi connectivity index (χ0v) is 14.7. The third-order valence-electron chi connectivity index (χ3n) is 4.96. The summed E-state index contributed by atoms with van der Waals surface area (Å²) in [5, 5.41) is 11.1. The van der Waals surface area contributed by atoms with Gasteiger partial charge in [0.1, 0.15) is 4.90 Å². The summed E-state index contributed by atoms with van der Waals surface area (Å²) >= 11 is 0. The molecular weight excluding hydrogens is 330 g/mol. The monoisotopic (exact) mass is 353 g/mol. The second kappa shape index (κ2) is 6.68. The number of non-ortho nitro benzene ring substituents is 1. The molecule has 0 N–H and O–H groups in total. The van der Waals surface area contributed by atoms with Gasteiger partial charge in [-0.15, -0.1) is 0 Å². The molecule has 2 heterocycles. The highest BCUT2D eigenvalue weighted by Crippen LogP contribution is 2.34. The molecule has 0 unspecified atom stereocenters. The summed E-state index contributed by atoms with van der Waals surface area (Å²) in [6.07, 6.45) is 3.68. The van der Waals surface area contributed by atoms with Crippen molar-refractivity contribution in [3.05, 3.63) is 28.3 Å². The zero-order valence-electron chi connectivity index (χ0n) is 13.8. The average Bonchev–Trinajstić information content (AvgIpc) is 3.10. The highest BCUT2D eigenvalue weighted by molar-refractivity contribution is 7.89. The van der Waals surface area contributed by atoms with Crippen LogP contribution in [-0.2, 0) is 10.0 Å². The van der Waals surface area contributed by atoms with Gasteiger partial charge < -0.3 is 4.90 Å². The van der Waals surface area contributed by atoms with Gasteiger partial charge in [0.2, 0.25) is 10.0 Å². The predicted molar refractivity (Wildman–Crippen MR) is 91.7 cm³/mol. The van der Waals surface area contributed by atoms with Crippen LogP contribution < -0.4 is 4.90 Å². The molecule has 0 aliphatic carbocycles. The molecule has 0 bridgehead atoms. The molecule has 2 aliphatic rings. The third kappa shape index (κ3) is 3.25. The average molecular weight is 353 g/mol. The van der Waals surface area contributed by atoms with Gasteiger partial charge in [0.25, 0.3) is 5.69 Å². The van der Waals surface area contributed by atoms with Gasteiger partial charge in [-0.1, -0.05) is 6.92 Å². The maximum atomic E-state index is 13.0. The van der Waals surface area contributed by atoms with E-state index >= 15 is 0 Å². The van der Waals surface area contributed by atoms with E-state index in [-0.39, 0.29) is 10.6 Å². The largest absolute Gasteiger partial charge is 0.370 e. The maximum Gasteiger partial charge on any atom is 0.270 e. The van der Waals surface area contributed by atoms with E-state index < -0.39 is 14.9 Å². The van der Waals surface area contributed by atoms with Crippen molar-refractivity contribution in [1.29, 1.82) is 0 Å². The fourth-order valence-electron chi connectivity index (χ4n) is 3.40. The zero-order chi connectivity index (χ0) is 17.3. The van der Waals surface area contributed by atoms with Crippen LogP contribution in [0.15, 0.2) is 23.1 Å². The Kier molecular flexibility index (Phi) is 4.78. The topological polar surface area (TPSA) is 83.8 Å². The smallest absolute Gasteiger partial charge is 0.270 e. The molecule has 0 spiro atoms. The Morgan fingerprint density at radius 2 is 1.75 bits per heavy atom. The van der Waals surface area contributed by atoms with Crippen molar-refractivity contribution in [2.45, 2.75) is 37.5 Å². The molecule has 0 amide bonds. The van der Waals surface area contributed by atoms with E-state index in [2.05, 4.69) is 6.92 Å². The van der Waals surface area contributed by atoms with Crippen LogP contribution in [0.4, 0.5) is 11.4 Å². The number of piperidine rings is 1. The molecule has 1 aromatic carbocycles. The first-order valence-corrected chi connectivity index (χ1v) is 9.87. The van der Waals surface area contributed by atoms with E-state index in [1.54, 1.807) is 6.07 Å². The van der Waals surface area contributed by atoms with Crippen LogP contribution in [0.25, 0.3) is 0 Å². The summed E-state index contributed by atoms with van der Waals surface area (Å²) in [4.78, 5) is 12.7. The SMILES string of the molecule is CC1CCN(c2ccc([N+](=O)[O-])cc2S(=O)(=O)N2CCCC2)CC1. The van der Waals surface area contributed by atoms with E-state index in [4.69, 9.17) is 0 Å². The minimum atomic E-state index is -3.70. The minimum Gasteiger partial charge on any atom is -0.370 e. The first kappa shape index (κ1) is 17.2. The summed E-state index contributed by atoms with van der Waals surface area (Å²) in [6.45, 7) is 4.72. The Balaban J connectivity index is 2.03. The van der Waals surface area contributed by atoms with Gasteiger partial charge >= 0.3 is 0 Å². The van der Waals surface area contributed by atoms with E-state index in [1.165, 1.54) is 16.4 Å². The number of rotatable bonds is 4. The molecule has 8 heteroatoms. The summed E-state index contributed by atoms with van der Waals surface area (Å²) in [7, 11) is -3.70. The van der Waals surface area contributed by atoms with E-state index in [0.29, 0.717) is 24.7 Å². The molecule has 2 saturated heterocycles. The number of hydrogen-bond acceptors (Lipinski definition) is 5. The number of benzene rings is 1. The third-order valence-corrected chi connectivity index (χ3v) is 6.89. The van der Waals surface area contributed by atoms with Crippen LogP contribution in [0.3, 0.4) is 0 Å². The number of nitro benzene ring substituents is 1. The molecule has 7 nitrogen and oxygen atoms in total. The number of sulfonamides is 1. The molecule has 0 radical (unpaired) electrons. The summed E-state index contributed by atoms with van der Waals surface area (Å²) in [5.41, 5.74) is 0.418. The number of nitrogens with zero attached hydrogens (tertiary/aromatic N) is 3. The van der Waals surface area contributed by atoms with Crippen LogP contribution in [0.5, 0.6) is 0 Å². The summed E-state index contributed by atoms with van der Waals surface area (Å²) in [5.74, 6) is 0.623. The van der Waals surface area contributed by atoms with Crippen molar-refractivity contribution < 1.29 is 13.3 Å². The Labute approximate surface area is 142 Å². The van der Waals surface area contributed by atoms with Crippen molar-refractivity contribution in [3.63, 3.8) is 0 Å². The lowest BCUT2D eigenvalue weighted by Crippen LogP contribution is -2.35. The Hall–Kier alpha value is -1.67. The summed E-state index contributed by atoms with van der Waals surface area (Å²) in [6, 6.07) is 4.22. The summed E-state index contributed by atoms with van der Waals surface area (Å²) < 4.78 is 27.5. The Bertz CT molecular complexity index is 721. The van der Waals surface area contributed by atoms with E-state index in [0.717, 1.165) is 38.8 Å². The predicted octanol–water partition coefficient (Wildman–Crippen LogP) is 2.62. The first-order valence-electron chi connectivity index (χ1n) is 8.43. The molecule has 1 aromatic rings. The van der Waals surface area contributed by atoms with Crippen LogP contribution in [-0.4, -0.2) is 43.8 Å². The highest BCUT2D eigenvalue weighted by atomic mass is 32.2. The Morgan fingerprint density at radius 1 is 1.12 bits per heavy atom. The molecule has 0 atom stereocenters. The second-order valence-corrected chi connectivity index (χ2v) is 8.60. The molecule has 132 valence electrons. The molecule has 2 aliphatic heterocycles. The van der Waals surface area contributed by atoms with Crippen molar-refractivity contribution >= 4 is 21.4 Å². The molecule has 0 saturated carbocycles. The van der Waals surface area contributed by atoms with Crippen molar-refractivity contribution in [2.24, 2.45) is 5.92 Å². The van der Waals surface area contributed by atoms with Gasteiger partial charge in [0, 0.05) is 38.3 Å². The number of anilines is 1. The standard InChI is InChI=1S/C16H23N3O4S/c1-13-6-10-17(11-7-13)15-5-4-14(19(20)21)12-16(15)24(22,23)18-8-2-3-9-18/h4-5,12-13H,2-3,6-11H2,1H3. The van der Waals surface area contributed by atoms with Crippen molar-refractivity contribution in [1.82, 2.24) is 4.31 Å². The second-order valence-electron chi connectivity index (χ2n) is 6.69. The van der Waals surface area contributed by atoms with Crippen LogP contribution in [0.2, 0.25) is 0 Å². The molecule has 3 rings (SSSR count). The lowest BCUT2D eigenvalue weighted by atomic mass is 9.99. The highest BCUT2D eigenvalue weighted by Gasteiger charge is 2.32. The first-order chi connectivity index (χ1) is 11.4. The van der Waals surface area contributed by atoms with Crippen LogP contribution in [0.1, 0.15) is 32.6 Å². The molecular formula is C16H23N3O4S. The van der Waals surface area contributed by atoms with Gasteiger partial charge in [-0.05, 0) is 37.7 Å². The molecule has 0 aromatic heterocycles. The van der Waals surface area contributed by atoms with Gasteiger partial charge in [0.05, 0.1) is 10.6 Å². The lowest BCUT2D eigenvalue weighted by Gasteiger charge is -2.33. The Morgan fingerprint density at radius 3 is 2.33 bits per heavy atom. The minimum absolute atomic E-state index is 0.0770. The lowest BCUT2D eigenvalue weighted by molar-refractivity contribution is -0.385. The quantitative estimate of drug-likeness (QED) is 0.614. The van der Waals surface area contributed by atoms with Crippen LogP contribution in [0, 0.1) is 16.0 Å². The van der Waals surface area contributed by atoms with Crippen LogP contribution >= 0.6 is 0 Å². The fraction of sp³-hybridized carbons (Fsp3) is 0.625. The molecule has 24 heavy (non-hydrogen) atoms. The van der Waals surface area contributed by atoms with Crippen molar-refractivity contribution in [3.8, 4) is 0 Å². The van der Waals surface area contributed by atoms with Crippen molar-refractivity contribution in [2.75, 3.05) is 31.1 Å². The van der Waals surface area contributed by atoms with Gasteiger partial charge in [-0.3, -0.25) is 10.1 Å². The fourth-order valence-corrected chi connectivity index (χ4v) is 5.15.